The van der Waals surface area contributed by atoms with Crippen LogP contribution in [0.4, 0.5) is 0 Å². The normalized spacial score (nSPS) is 16.5. The van der Waals surface area contributed by atoms with Gasteiger partial charge in [0.1, 0.15) is 12.4 Å². The molecule has 1 aliphatic rings. The van der Waals surface area contributed by atoms with E-state index in [1.807, 2.05) is 0 Å². The second-order valence-electron chi connectivity index (χ2n) is 6.99. The molecular weight excluding hydrogens is 374 g/mol. The van der Waals surface area contributed by atoms with Gasteiger partial charge in [0.15, 0.2) is 0 Å². The van der Waals surface area contributed by atoms with Crippen LogP contribution in [-0.4, -0.2) is 19.2 Å². The summed E-state index contributed by atoms with van der Waals surface area (Å²) in [4.78, 5) is 0. The van der Waals surface area contributed by atoms with E-state index in [0.717, 1.165) is 25.3 Å². The van der Waals surface area contributed by atoms with Crippen molar-refractivity contribution in [1.29, 1.82) is 0 Å². The predicted octanol–water partition coefficient (Wildman–Crippen LogP) is 5.95. The Morgan fingerprint density at radius 3 is 2.26 bits per heavy atom. The molecule has 2 nitrogen and oxygen atoms in total. The van der Waals surface area contributed by atoms with E-state index in [4.69, 9.17) is 4.74 Å². The van der Waals surface area contributed by atoms with Crippen LogP contribution in [0.5, 0.6) is 5.75 Å². The molecule has 142 valence electrons. The van der Waals surface area contributed by atoms with Gasteiger partial charge in [-0.05, 0) is 77.0 Å². The Hall–Kier alpha value is -1.81. The number of hydrogen-bond acceptors (Lipinski definition) is 3. The Morgan fingerprint density at radius 2 is 1.63 bits per heavy atom. The molecule has 4 rings (SSSR count). The molecule has 1 atom stereocenters. The van der Waals surface area contributed by atoms with Crippen molar-refractivity contribution in [2.24, 2.45) is 0 Å². The fourth-order valence-corrected chi connectivity index (χ4v) is 4.11. The molecular formula is C23H26ClNOS. The van der Waals surface area contributed by atoms with Gasteiger partial charge in [-0.15, -0.1) is 12.4 Å². The summed E-state index contributed by atoms with van der Waals surface area (Å²) in [7, 11) is 0. The molecule has 0 saturated carbocycles. The summed E-state index contributed by atoms with van der Waals surface area (Å²) in [5, 5.41) is 7.84. The number of piperidine rings is 1. The molecule has 0 amide bonds. The summed E-state index contributed by atoms with van der Waals surface area (Å²) in [6.45, 7) is 1.89. The Morgan fingerprint density at radius 1 is 0.889 bits per heavy atom. The maximum atomic E-state index is 5.95. The molecule has 2 heterocycles. The van der Waals surface area contributed by atoms with Crippen molar-refractivity contribution in [3.05, 3.63) is 76.5 Å². The van der Waals surface area contributed by atoms with Crippen LogP contribution < -0.4 is 10.1 Å². The molecule has 1 unspecified atom stereocenters. The van der Waals surface area contributed by atoms with Crippen LogP contribution in [0.2, 0.25) is 0 Å². The first-order chi connectivity index (χ1) is 12.9. The Bertz CT molecular complexity index is 793. The molecule has 1 saturated heterocycles. The van der Waals surface area contributed by atoms with Crippen LogP contribution in [0.3, 0.4) is 0 Å². The molecule has 1 aromatic heterocycles. The lowest BCUT2D eigenvalue weighted by Gasteiger charge is -2.23. The molecule has 4 heteroatoms. The van der Waals surface area contributed by atoms with Crippen molar-refractivity contribution in [1.82, 2.24) is 5.32 Å². The first-order valence-corrected chi connectivity index (χ1v) is 10.4. The first-order valence-electron chi connectivity index (χ1n) is 9.43. The lowest BCUT2D eigenvalue weighted by molar-refractivity contribution is 0.239. The lowest BCUT2D eigenvalue weighted by Crippen LogP contribution is -2.38. The maximum absolute atomic E-state index is 5.95. The van der Waals surface area contributed by atoms with Gasteiger partial charge in [-0.1, -0.05) is 42.8 Å². The number of thiophene rings is 1. The van der Waals surface area contributed by atoms with Crippen LogP contribution in [0.25, 0.3) is 11.1 Å². The quantitative estimate of drug-likeness (QED) is 0.553. The molecule has 0 radical (unpaired) electrons. The van der Waals surface area contributed by atoms with E-state index in [-0.39, 0.29) is 12.4 Å². The van der Waals surface area contributed by atoms with Crippen LogP contribution >= 0.6 is 23.7 Å². The van der Waals surface area contributed by atoms with E-state index >= 15 is 0 Å². The minimum atomic E-state index is 0. The Labute approximate surface area is 172 Å². The topological polar surface area (TPSA) is 21.3 Å². The third-order valence-electron chi connectivity index (χ3n) is 5.00. The molecule has 1 aliphatic heterocycles. The van der Waals surface area contributed by atoms with E-state index < -0.39 is 0 Å². The van der Waals surface area contributed by atoms with Crippen molar-refractivity contribution in [3.8, 4) is 16.9 Å². The second-order valence-corrected chi connectivity index (χ2v) is 7.77. The zero-order chi connectivity index (χ0) is 17.6. The van der Waals surface area contributed by atoms with Gasteiger partial charge in [-0.25, -0.2) is 0 Å². The molecule has 27 heavy (non-hydrogen) atoms. The second kappa shape index (κ2) is 9.93. The van der Waals surface area contributed by atoms with Crippen LogP contribution in [0.1, 0.15) is 30.4 Å². The fraction of sp³-hybridized carbons (Fsp3) is 0.304. The number of hydrogen-bond donors (Lipinski definition) is 1. The SMILES string of the molecule is Cl.c1cc(-c2ccc(Cc3ccc(OCC4CCCCN4)cc3)cc2)cs1. The molecule has 1 fully saturated rings. The van der Waals surface area contributed by atoms with Crippen LogP contribution in [0.15, 0.2) is 65.4 Å². The summed E-state index contributed by atoms with van der Waals surface area (Å²) < 4.78 is 5.95. The van der Waals surface area contributed by atoms with Gasteiger partial charge in [-0.3, -0.25) is 0 Å². The standard InChI is InChI=1S/C23H25NOS.ClH/c1-2-13-24-22(3-1)16-25-23-10-6-19(7-11-23)15-18-4-8-20(9-5-18)21-12-14-26-17-21;/h4-12,14,17,22,24H,1-3,13,15-16H2;1H. The summed E-state index contributed by atoms with van der Waals surface area (Å²) in [6, 6.07) is 20.1. The minimum Gasteiger partial charge on any atom is -0.492 e. The highest BCUT2D eigenvalue weighted by Gasteiger charge is 2.12. The highest BCUT2D eigenvalue weighted by molar-refractivity contribution is 7.08. The number of nitrogens with one attached hydrogen (secondary N) is 1. The predicted molar refractivity (Wildman–Crippen MR) is 117 cm³/mol. The summed E-state index contributed by atoms with van der Waals surface area (Å²) >= 11 is 1.74. The van der Waals surface area contributed by atoms with E-state index in [1.54, 1.807) is 11.3 Å². The fourth-order valence-electron chi connectivity index (χ4n) is 3.45. The van der Waals surface area contributed by atoms with Gasteiger partial charge in [0, 0.05) is 6.04 Å². The smallest absolute Gasteiger partial charge is 0.119 e. The van der Waals surface area contributed by atoms with Crippen molar-refractivity contribution >= 4 is 23.7 Å². The van der Waals surface area contributed by atoms with Gasteiger partial charge in [0.2, 0.25) is 0 Å². The van der Waals surface area contributed by atoms with E-state index in [2.05, 4.69) is 70.7 Å². The van der Waals surface area contributed by atoms with E-state index in [1.165, 1.54) is 41.5 Å². The monoisotopic (exact) mass is 399 g/mol. The summed E-state index contributed by atoms with van der Waals surface area (Å²) in [5.41, 5.74) is 5.24. The molecule has 1 N–H and O–H groups in total. The lowest BCUT2D eigenvalue weighted by atomic mass is 10.0. The van der Waals surface area contributed by atoms with Gasteiger partial charge in [-0.2, -0.15) is 11.3 Å². The number of ether oxygens (including phenoxy) is 1. The minimum absolute atomic E-state index is 0. The highest BCUT2D eigenvalue weighted by atomic mass is 35.5. The average Bonchev–Trinajstić information content (AvgIpc) is 3.24. The van der Waals surface area contributed by atoms with E-state index in [9.17, 15) is 0 Å². The van der Waals surface area contributed by atoms with Crippen molar-refractivity contribution in [2.45, 2.75) is 31.7 Å². The largest absolute Gasteiger partial charge is 0.492 e. The zero-order valence-electron chi connectivity index (χ0n) is 15.4. The highest BCUT2D eigenvalue weighted by Crippen LogP contribution is 2.23. The number of rotatable bonds is 6. The van der Waals surface area contributed by atoms with Crippen molar-refractivity contribution in [2.75, 3.05) is 13.2 Å². The molecule has 2 aromatic carbocycles. The Balaban J connectivity index is 0.00000210. The van der Waals surface area contributed by atoms with Gasteiger partial charge >= 0.3 is 0 Å². The van der Waals surface area contributed by atoms with Gasteiger partial charge in [0.25, 0.3) is 0 Å². The van der Waals surface area contributed by atoms with Gasteiger partial charge < -0.3 is 10.1 Å². The van der Waals surface area contributed by atoms with Crippen molar-refractivity contribution in [3.63, 3.8) is 0 Å². The number of halogens is 1. The zero-order valence-corrected chi connectivity index (χ0v) is 17.0. The molecule has 3 aromatic rings. The van der Waals surface area contributed by atoms with Crippen LogP contribution in [0, 0.1) is 0 Å². The summed E-state index contributed by atoms with van der Waals surface area (Å²) in [6.07, 6.45) is 4.78. The molecule has 0 bridgehead atoms. The first kappa shape index (κ1) is 19.9. The Kier molecular flexibility index (Phi) is 7.33. The third kappa shape index (κ3) is 5.58. The molecule has 0 aliphatic carbocycles. The molecule has 0 spiro atoms. The van der Waals surface area contributed by atoms with Crippen LogP contribution in [-0.2, 0) is 6.42 Å². The third-order valence-corrected chi connectivity index (χ3v) is 5.69. The van der Waals surface area contributed by atoms with Gasteiger partial charge in [0.05, 0.1) is 0 Å². The van der Waals surface area contributed by atoms with Crippen molar-refractivity contribution < 1.29 is 4.74 Å². The maximum Gasteiger partial charge on any atom is 0.119 e. The van der Waals surface area contributed by atoms with E-state index in [0.29, 0.717) is 6.04 Å². The number of benzene rings is 2. The average molecular weight is 400 g/mol. The summed E-state index contributed by atoms with van der Waals surface area (Å²) in [5.74, 6) is 0.967.